The van der Waals surface area contributed by atoms with Crippen LogP contribution in [0.1, 0.15) is 28.8 Å². The molecule has 2 aromatic carbocycles. The molecule has 7 heteroatoms. The summed E-state index contributed by atoms with van der Waals surface area (Å²) in [5.74, 6) is -0.733. The molecule has 1 fully saturated rings. The number of aromatic amines is 1. The largest absolute Gasteiger partial charge is 0.417 e. The number of likely N-dealkylation sites (tertiary alicyclic amines) is 1. The van der Waals surface area contributed by atoms with Crippen LogP contribution in [0.15, 0.2) is 51.7 Å². The van der Waals surface area contributed by atoms with Gasteiger partial charge in [0.05, 0.1) is 5.52 Å². The second kappa shape index (κ2) is 7.34. The predicted octanol–water partition coefficient (Wildman–Crippen LogP) is 2.92. The zero-order valence-corrected chi connectivity index (χ0v) is 15.5. The number of fused-ring (bicyclic) bond motifs is 1. The van der Waals surface area contributed by atoms with Crippen molar-refractivity contribution < 1.29 is 14.0 Å². The van der Waals surface area contributed by atoms with Gasteiger partial charge < -0.3 is 14.6 Å². The number of rotatable bonds is 3. The quantitative estimate of drug-likeness (QED) is 0.731. The van der Waals surface area contributed by atoms with Crippen LogP contribution < -0.4 is 11.1 Å². The number of piperidine rings is 1. The molecule has 7 nitrogen and oxygen atoms in total. The third kappa shape index (κ3) is 3.55. The van der Waals surface area contributed by atoms with Crippen LogP contribution in [0.4, 0.5) is 5.69 Å². The van der Waals surface area contributed by atoms with Gasteiger partial charge in [-0.05, 0) is 49.6 Å². The van der Waals surface area contributed by atoms with Gasteiger partial charge in [0.15, 0.2) is 5.58 Å². The molecule has 0 unspecified atom stereocenters. The molecule has 0 spiro atoms. The Morgan fingerprint density at radius 3 is 2.64 bits per heavy atom. The highest BCUT2D eigenvalue weighted by molar-refractivity contribution is 5.96. The number of nitrogens with one attached hydrogen (secondary N) is 2. The van der Waals surface area contributed by atoms with Crippen LogP contribution >= 0.6 is 0 Å². The Hall–Kier alpha value is -3.35. The zero-order chi connectivity index (χ0) is 19.7. The molecule has 0 atom stereocenters. The Morgan fingerprint density at radius 2 is 1.89 bits per heavy atom. The highest BCUT2D eigenvalue weighted by Crippen LogP contribution is 2.23. The maximum absolute atomic E-state index is 12.7. The number of carbonyl (C=O) groups excluding carboxylic acids is 2. The minimum Gasteiger partial charge on any atom is -0.408 e. The van der Waals surface area contributed by atoms with E-state index in [1.807, 2.05) is 36.1 Å². The van der Waals surface area contributed by atoms with E-state index in [1.54, 1.807) is 18.2 Å². The summed E-state index contributed by atoms with van der Waals surface area (Å²) in [5.41, 5.74) is 3.27. The van der Waals surface area contributed by atoms with Gasteiger partial charge in [-0.15, -0.1) is 0 Å². The average Bonchev–Trinajstić information content (AvgIpc) is 3.07. The van der Waals surface area contributed by atoms with E-state index >= 15 is 0 Å². The van der Waals surface area contributed by atoms with E-state index in [1.165, 1.54) is 0 Å². The van der Waals surface area contributed by atoms with E-state index in [4.69, 9.17) is 4.42 Å². The lowest BCUT2D eigenvalue weighted by atomic mass is 9.95. The van der Waals surface area contributed by atoms with Crippen molar-refractivity contribution in [2.75, 3.05) is 18.4 Å². The topological polar surface area (TPSA) is 95.4 Å². The first kappa shape index (κ1) is 18.0. The predicted molar refractivity (Wildman–Crippen MR) is 105 cm³/mol. The van der Waals surface area contributed by atoms with Gasteiger partial charge in [0.25, 0.3) is 5.91 Å². The summed E-state index contributed by atoms with van der Waals surface area (Å²) < 4.78 is 4.96. The second-order valence-corrected chi connectivity index (χ2v) is 7.10. The normalized spacial score (nSPS) is 15.0. The lowest BCUT2D eigenvalue weighted by molar-refractivity contribution is -0.121. The molecule has 0 saturated carbocycles. The number of anilines is 1. The van der Waals surface area contributed by atoms with Crippen LogP contribution in [0.2, 0.25) is 0 Å². The highest BCUT2D eigenvalue weighted by atomic mass is 16.4. The third-order valence-electron chi connectivity index (χ3n) is 5.21. The summed E-state index contributed by atoms with van der Waals surface area (Å²) in [5, 5.41) is 2.89. The van der Waals surface area contributed by atoms with Gasteiger partial charge in [-0.1, -0.05) is 18.2 Å². The molecule has 2 heterocycles. The Morgan fingerprint density at radius 1 is 1.14 bits per heavy atom. The molecular formula is C21H21N3O4. The molecule has 144 valence electrons. The van der Waals surface area contributed by atoms with E-state index in [9.17, 15) is 14.4 Å². The maximum atomic E-state index is 12.7. The second-order valence-electron chi connectivity index (χ2n) is 7.10. The van der Waals surface area contributed by atoms with E-state index in [0.717, 1.165) is 5.56 Å². The molecule has 0 radical (unpaired) electrons. The molecule has 2 amide bonds. The van der Waals surface area contributed by atoms with Crippen molar-refractivity contribution in [3.63, 3.8) is 0 Å². The monoisotopic (exact) mass is 379 g/mol. The Bertz CT molecular complexity index is 1090. The minimum atomic E-state index is -0.524. The van der Waals surface area contributed by atoms with Gasteiger partial charge in [0.2, 0.25) is 5.91 Å². The fraction of sp³-hybridized carbons (Fsp3) is 0.286. The molecule has 1 aliphatic heterocycles. The summed E-state index contributed by atoms with van der Waals surface area (Å²) in [7, 11) is 0. The lowest BCUT2D eigenvalue weighted by Crippen LogP contribution is -2.41. The van der Waals surface area contributed by atoms with Crippen molar-refractivity contribution in [2.24, 2.45) is 5.92 Å². The first-order chi connectivity index (χ1) is 13.5. The molecule has 1 saturated heterocycles. The van der Waals surface area contributed by atoms with Crippen LogP contribution in [0.25, 0.3) is 11.1 Å². The van der Waals surface area contributed by atoms with Gasteiger partial charge in [-0.25, -0.2) is 4.79 Å². The molecule has 3 aromatic rings. The molecule has 28 heavy (non-hydrogen) atoms. The van der Waals surface area contributed by atoms with Crippen molar-refractivity contribution in [1.82, 2.24) is 9.88 Å². The number of carbonyl (C=O) groups is 2. The first-order valence-corrected chi connectivity index (χ1v) is 9.30. The fourth-order valence-corrected chi connectivity index (χ4v) is 3.60. The Labute approximate surface area is 161 Å². The average molecular weight is 379 g/mol. The molecular weight excluding hydrogens is 358 g/mol. The number of amides is 2. The van der Waals surface area contributed by atoms with Crippen molar-refractivity contribution >= 4 is 28.6 Å². The fourth-order valence-electron chi connectivity index (χ4n) is 3.60. The number of aryl methyl sites for hydroxylation is 1. The summed E-state index contributed by atoms with van der Waals surface area (Å²) in [6.45, 7) is 3.04. The van der Waals surface area contributed by atoms with Gasteiger partial charge in [0.1, 0.15) is 0 Å². The van der Waals surface area contributed by atoms with Gasteiger partial charge in [-0.3, -0.25) is 14.6 Å². The molecule has 2 N–H and O–H groups in total. The molecule has 0 bridgehead atoms. The Kier molecular flexibility index (Phi) is 4.73. The maximum Gasteiger partial charge on any atom is 0.417 e. The van der Waals surface area contributed by atoms with Crippen LogP contribution in [0.3, 0.4) is 0 Å². The number of hydrogen-bond acceptors (Lipinski definition) is 4. The zero-order valence-electron chi connectivity index (χ0n) is 15.5. The van der Waals surface area contributed by atoms with Gasteiger partial charge in [0, 0.05) is 30.3 Å². The third-order valence-corrected chi connectivity index (χ3v) is 5.21. The smallest absolute Gasteiger partial charge is 0.408 e. The van der Waals surface area contributed by atoms with E-state index in [-0.39, 0.29) is 17.7 Å². The van der Waals surface area contributed by atoms with Crippen LogP contribution in [0, 0.1) is 12.8 Å². The molecule has 1 aliphatic rings. The van der Waals surface area contributed by atoms with Crippen molar-refractivity contribution in [3.8, 4) is 0 Å². The number of aromatic nitrogens is 1. The van der Waals surface area contributed by atoms with E-state index in [2.05, 4.69) is 10.3 Å². The minimum absolute atomic E-state index is 0.0197. The number of hydrogen-bond donors (Lipinski definition) is 2. The van der Waals surface area contributed by atoms with E-state index in [0.29, 0.717) is 48.3 Å². The van der Waals surface area contributed by atoms with Gasteiger partial charge in [-0.2, -0.15) is 0 Å². The number of H-pyrrole nitrogens is 1. The summed E-state index contributed by atoms with van der Waals surface area (Å²) in [6.07, 6.45) is 1.24. The number of benzene rings is 2. The number of nitrogens with zero attached hydrogens (tertiary/aromatic N) is 1. The molecule has 1 aromatic heterocycles. The van der Waals surface area contributed by atoms with Crippen molar-refractivity contribution in [2.45, 2.75) is 19.8 Å². The summed E-state index contributed by atoms with van der Waals surface area (Å²) in [4.78, 5) is 40.9. The van der Waals surface area contributed by atoms with Crippen LogP contribution in [-0.4, -0.2) is 34.8 Å². The molecule has 0 aliphatic carbocycles. The summed E-state index contributed by atoms with van der Waals surface area (Å²) in [6, 6.07) is 12.6. The van der Waals surface area contributed by atoms with E-state index < -0.39 is 5.76 Å². The number of oxazole rings is 1. The SMILES string of the molecule is Cc1ccccc1C(=O)N1CCC(C(=O)Nc2ccc3oc(=O)[nH]c3c2)CC1. The van der Waals surface area contributed by atoms with Crippen LogP contribution in [-0.2, 0) is 4.79 Å². The Balaban J connectivity index is 1.37. The first-order valence-electron chi connectivity index (χ1n) is 9.30. The molecule has 4 rings (SSSR count). The summed E-state index contributed by atoms with van der Waals surface area (Å²) >= 11 is 0. The van der Waals surface area contributed by atoms with Crippen LogP contribution in [0.5, 0.6) is 0 Å². The van der Waals surface area contributed by atoms with Gasteiger partial charge >= 0.3 is 5.76 Å². The standard InChI is InChI=1S/C21H21N3O4/c1-13-4-2-3-5-16(13)20(26)24-10-8-14(9-11-24)19(25)22-15-6-7-18-17(12-15)23-21(27)28-18/h2-7,12,14H,8-11H2,1H3,(H,22,25)(H,23,27). The highest BCUT2D eigenvalue weighted by Gasteiger charge is 2.28. The van der Waals surface area contributed by atoms with Crippen molar-refractivity contribution in [1.29, 1.82) is 0 Å². The lowest BCUT2D eigenvalue weighted by Gasteiger charge is -2.31. The van der Waals surface area contributed by atoms with Crippen molar-refractivity contribution in [3.05, 3.63) is 64.1 Å².